The summed E-state index contributed by atoms with van der Waals surface area (Å²) in [4.78, 5) is 18.9. The molecule has 2 atom stereocenters. The number of rotatable bonds is 7. The summed E-state index contributed by atoms with van der Waals surface area (Å²) in [5.41, 5.74) is 11.1. The number of fused-ring (bicyclic) bond motifs is 1. The number of nitrogens with one attached hydrogen (secondary N) is 2. The number of pyridine rings is 1. The second kappa shape index (κ2) is 9.77. The van der Waals surface area contributed by atoms with E-state index in [-0.39, 0.29) is 18.1 Å². The van der Waals surface area contributed by atoms with Crippen molar-refractivity contribution in [2.75, 3.05) is 10.6 Å². The van der Waals surface area contributed by atoms with E-state index in [1.54, 1.807) is 0 Å². The van der Waals surface area contributed by atoms with Crippen molar-refractivity contribution >= 4 is 22.9 Å². The van der Waals surface area contributed by atoms with E-state index >= 15 is 0 Å². The molecule has 1 saturated carbocycles. The van der Waals surface area contributed by atoms with Crippen molar-refractivity contribution in [3.05, 3.63) is 60.6 Å². The smallest absolute Gasteiger partial charge is 0.227 e. The van der Waals surface area contributed by atoms with Gasteiger partial charge in [0, 0.05) is 36.4 Å². The molecule has 1 aliphatic carbocycles. The summed E-state index contributed by atoms with van der Waals surface area (Å²) in [6.45, 7) is 4.84. The summed E-state index contributed by atoms with van der Waals surface area (Å²) < 4.78 is 2.07. The first-order valence-electron chi connectivity index (χ1n) is 12.1. The fraction of sp³-hybridized carbons (Fsp3) is 0.385. The number of nitrogens with two attached hydrogens (primary N) is 1. The maximum Gasteiger partial charge on any atom is 0.227 e. The van der Waals surface area contributed by atoms with Gasteiger partial charge >= 0.3 is 0 Å². The van der Waals surface area contributed by atoms with Gasteiger partial charge in [-0.2, -0.15) is 9.97 Å². The average Bonchev–Trinajstić information content (AvgIpc) is 3.29. The minimum atomic E-state index is 0.119. The fourth-order valence-corrected chi connectivity index (χ4v) is 4.48. The molecule has 0 saturated heterocycles. The maximum atomic E-state index is 6.37. The highest BCUT2D eigenvalue weighted by Gasteiger charge is 2.23. The quantitative estimate of drug-likeness (QED) is 0.368. The highest BCUT2D eigenvalue weighted by atomic mass is 15.2. The zero-order chi connectivity index (χ0) is 23.5. The van der Waals surface area contributed by atoms with Crippen LogP contribution in [0.3, 0.4) is 0 Å². The molecular weight excluding hydrogens is 424 g/mol. The van der Waals surface area contributed by atoms with E-state index in [0.717, 1.165) is 40.8 Å². The predicted molar refractivity (Wildman–Crippen MR) is 137 cm³/mol. The van der Waals surface area contributed by atoms with Gasteiger partial charge in [-0.15, -0.1) is 0 Å². The molecule has 1 aromatic carbocycles. The van der Waals surface area contributed by atoms with E-state index in [9.17, 15) is 0 Å². The number of nitrogens with zero attached hydrogens (tertiary/aromatic N) is 5. The molecule has 4 aromatic rings. The maximum absolute atomic E-state index is 6.37. The summed E-state index contributed by atoms with van der Waals surface area (Å²) in [5.74, 6) is 1.31. The van der Waals surface area contributed by atoms with Crippen molar-refractivity contribution in [3.63, 3.8) is 0 Å². The lowest BCUT2D eigenvalue weighted by Crippen LogP contribution is -2.43. The van der Waals surface area contributed by atoms with E-state index in [1.165, 1.54) is 12.8 Å². The second-order valence-electron chi connectivity index (χ2n) is 9.28. The van der Waals surface area contributed by atoms with Crippen LogP contribution in [0, 0.1) is 0 Å². The molecule has 1 fully saturated rings. The van der Waals surface area contributed by atoms with Gasteiger partial charge in [-0.3, -0.25) is 4.98 Å². The molecule has 1 aliphatic rings. The first-order valence-corrected chi connectivity index (χ1v) is 12.1. The third-order valence-corrected chi connectivity index (χ3v) is 6.47. The van der Waals surface area contributed by atoms with Crippen LogP contribution in [0.1, 0.15) is 51.1 Å². The SMILES string of the molecule is CC(C)n1cnc2c(NCc3ccc(-c4ccccc4)nc3)nc(N[C@@H]3CCCC[C@@H]3N)nc21. The number of aromatic nitrogens is 5. The summed E-state index contributed by atoms with van der Waals surface area (Å²) in [5, 5.41) is 6.97. The molecule has 8 nitrogen and oxygen atoms in total. The van der Waals surface area contributed by atoms with Gasteiger partial charge in [0.2, 0.25) is 5.95 Å². The summed E-state index contributed by atoms with van der Waals surface area (Å²) >= 11 is 0. The van der Waals surface area contributed by atoms with E-state index < -0.39 is 0 Å². The zero-order valence-corrected chi connectivity index (χ0v) is 19.8. The fourth-order valence-electron chi connectivity index (χ4n) is 4.48. The predicted octanol–water partition coefficient (Wildman–Crippen LogP) is 4.76. The Morgan fingerprint density at radius 3 is 2.59 bits per heavy atom. The molecule has 5 rings (SSSR count). The number of benzene rings is 1. The molecule has 4 N–H and O–H groups in total. The van der Waals surface area contributed by atoms with Crippen LogP contribution in [0.5, 0.6) is 0 Å². The standard InChI is InChI=1S/C26H32N8/c1-17(2)34-16-30-23-24(32-26(33-25(23)34)31-22-11-7-6-10-20(22)27)29-15-18-12-13-21(28-14-18)19-8-4-3-5-9-19/h3-5,8-9,12-14,16-17,20,22H,6-7,10-11,15,27H2,1-2H3,(H2,29,31,32,33)/t20-,22+/m0/s1. The number of hydrogen-bond acceptors (Lipinski definition) is 7. The molecule has 0 unspecified atom stereocenters. The van der Waals surface area contributed by atoms with Gasteiger partial charge in [0.15, 0.2) is 17.0 Å². The molecular formula is C26H32N8. The third kappa shape index (κ3) is 4.72. The molecule has 3 aromatic heterocycles. The number of imidazole rings is 1. The Kier molecular flexibility index (Phi) is 6.40. The molecule has 34 heavy (non-hydrogen) atoms. The van der Waals surface area contributed by atoms with Crippen molar-refractivity contribution in [2.45, 2.75) is 64.2 Å². The van der Waals surface area contributed by atoms with Crippen LogP contribution in [0.15, 0.2) is 55.0 Å². The molecule has 3 heterocycles. The number of hydrogen-bond donors (Lipinski definition) is 3. The molecule has 0 bridgehead atoms. The molecule has 0 amide bonds. The molecule has 176 valence electrons. The van der Waals surface area contributed by atoms with Crippen LogP contribution in [-0.4, -0.2) is 36.6 Å². The van der Waals surface area contributed by atoms with Crippen LogP contribution in [-0.2, 0) is 6.54 Å². The van der Waals surface area contributed by atoms with Crippen LogP contribution >= 0.6 is 0 Å². The van der Waals surface area contributed by atoms with E-state index in [1.807, 2.05) is 36.8 Å². The Labute approximate surface area is 200 Å². The van der Waals surface area contributed by atoms with Crippen molar-refractivity contribution in [2.24, 2.45) is 5.73 Å². The highest BCUT2D eigenvalue weighted by molar-refractivity contribution is 5.84. The Morgan fingerprint density at radius 2 is 1.85 bits per heavy atom. The van der Waals surface area contributed by atoms with Crippen molar-refractivity contribution in [1.29, 1.82) is 0 Å². The van der Waals surface area contributed by atoms with E-state index in [2.05, 4.69) is 57.2 Å². The Bertz CT molecular complexity index is 1230. The Morgan fingerprint density at radius 1 is 1.03 bits per heavy atom. The minimum Gasteiger partial charge on any atom is -0.364 e. The van der Waals surface area contributed by atoms with E-state index in [4.69, 9.17) is 15.7 Å². The van der Waals surface area contributed by atoms with Gasteiger partial charge in [-0.25, -0.2) is 4.98 Å². The topological polar surface area (TPSA) is 107 Å². The second-order valence-corrected chi connectivity index (χ2v) is 9.28. The van der Waals surface area contributed by atoms with Crippen LogP contribution < -0.4 is 16.4 Å². The molecule has 8 heteroatoms. The lowest BCUT2D eigenvalue weighted by atomic mass is 9.91. The van der Waals surface area contributed by atoms with Gasteiger partial charge < -0.3 is 20.9 Å². The highest BCUT2D eigenvalue weighted by Crippen LogP contribution is 2.26. The largest absolute Gasteiger partial charge is 0.364 e. The number of anilines is 2. The van der Waals surface area contributed by atoms with Gasteiger partial charge in [-0.05, 0) is 38.3 Å². The minimum absolute atomic E-state index is 0.119. The van der Waals surface area contributed by atoms with E-state index in [0.29, 0.717) is 18.3 Å². The zero-order valence-electron chi connectivity index (χ0n) is 19.8. The van der Waals surface area contributed by atoms with Crippen molar-refractivity contribution < 1.29 is 0 Å². The summed E-state index contributed by atoms with van der Waals surface area (Å²) in [6, 6.07) is 14.9. The lowest BCUT2D eigenvalue weighted by molar-refractivity contribution is 0.402. The van der Waals surface area contributed by atoms with Gasteiger partial charge in [0.05, 0.1) is 12.0 Å². The normalized spacial score (nSPS) is 18.4. The lowest BCUT2D eigenvalue weighted by Gasteiger charge is -2.29. The van der Waals surface area contributed by atoms with Crippen LogP contribution in [0.25, 0.3) is 22.4 Å². The molecule has 0 radical (unpaired) electrons. The third-order valence-electron chi connectivity index (χ3n) is 6.47. The monoisotopic (exact) mass is 456 g/mol. The van der Waals surface area contributed by atoms with Crippen molar-refractivity contribution in [1.82, 2.24) is 24.5 Å². The summed E-state index contributed by atoms with van der Waals surface area (Å²) in [7, 11) is 0. The molecule has 0 spiro atoms. The molecule has 0 aliphatic heterocycles. The average molecular weight is 457 g/mol. The van der Waals surface area contributed by atoms with Crippen LogP contribution in [0.2, 0.25) is 0 Å². The summed E-state index contributed by atoms with van der Waals surface area (Å²) in [6.07, 6.45) is 8.16. The Hall–Kier alpha value is -3.52. The first-order chi connectivity index (χ1) is 16.6. The van der Waals surface area contributed by atoms with Gasteiger partial charge in [0.1, 0.15) is 0 Å². The first kappa shape index (κ1) is 22.3. The van der Waals surface area contributed by atoms with Crippen LogP contribution in [0.4, 0.5) is 11.8 Å². The Balaban J connectivity index is 1.39. The van der Waals surface area contributed by atoms with Gasteiger partial charge in [-0.1, -0.05) is 49.2 Å². The van der Waals surface area contributed by atoms with Gasteiger partial charge in [0.25, 0.3) is 0 Å². The van der Waals surface area contributed by atoms with Crippen molar-refractivity contribution in [3.8, 4) is 11.3 Å².